The van der Waals surface area contributed by atoms with Crippen LogP contribution in [0.4, 0.5) is 0 Å². The molecule has 0 aliphatic carbocycles. The van der Waals surface area contributed by atoms with Crippen LogP contribution < -0.4 is 10.6 Å². The number of carbonyl (C=O) groups excluding carboxylic acids is 2. The number of ether oxygens (including phenoxy) is 1. The van der Waals surface area contributed by atoms with Crippen LogP contribution in [-0.4, -0.2) is 48.7 Å². The predicted molar refractivity (Wildman–Crippen MR) is 75.6 cm³/mol. The molecule has 1 aliphatic rings. The van der Waals surface area contributed by atoms with Gasteiger partial charge < -0.3 is 20.5 Å². The minimum absolute atomic E-state index is 0.0148. The van der Waals surface area contributed by atoms with E-state index in [4.69, 9.17) is 5.11 Å². The van der Waals surface area contributed by atoms with E-state index < -0.39 is 24.0 Å². The van der Waals surface area contributed by atoms with E-state index in [-0.39, 0.29) is 24.2 Å². The van der Waals surface area contributed by atoms with Crippen LogP contribution >= 0.6 is 0 Å². The van der Waals surface area contributed by atoms with Crippen LogP contribution in [0.3, 0.4) is 0 Å². The van der Waals surface area contributed by atoms with E-state index in [1.165, 1.54) is 7.11 Å². The quantitative estimate of drug-likeness (QED) is 0.609. The molecule has 0 bridgehead atoms. The number of carboxylic acid groups (broad SMARTS) is 1. The number of methoxy groups -OCH3 is 1. The first kappa shape index (κ1) is 17.4. The van der Waals surface area contributed by atoms with Gasteiger partial charge in [0.25, 0.3) is 0 Å². The smallest absolute Gasteiger partial charge is 0.326 e. The van der Waals surface area contributed by atoms with E-state index in [0.717, 1.165) is 19.4 Å². The third-order valence-corrected chi connectivity index (χ3v) is 3.87. The topological polar surface area (TPSA) is 105 Å². The van der Waals surface area contributed by atoms with Gasteiger partial charge in [0.2, 0.25) is 5.91 Å². The first-order valence-electron chi connectivity index (χ1n) is 7.11. The Morgan fingerprint density at radius 2 is 2.10 bits per heavy atom. The average molecular weight is 300 g/mol. The Morgan fingerprint density at radius 1 is 1.43 bits per heavy atom. The molecule has 7 nitrogen and oxygen atoms in total. The van der Waals surface area contributed by atoms with Gasteiger partial charge in [0.15, 0.2) is 0 Å². The van der Waals surface area contributed by atoms with Crippen molar-refractivity contribution in [3.05, 3.63) is 0 Å². The van der Waals surface area contributed by atoms with Crippen LogP contribution in [-0.2, 0) is 19.1 Å². The molecule has 0 aromatic carbocycles. The van der Waals surface area contributed by atoms with Gasteiger partial charge in [-0.05, 0) is 31.2 Å². The molecule has 1 unspecified atom stereocenters. The van der Waals surface area contributed by atoms with Crippen molar-refractivity contribution in [3.63, 3.8) is 0 Å². The van der Waals surface area contributed by atoms with Gasteiger partial charge in [-0.1, -0.05) is 13.8 Å². The molecule has 120 valence electrons. The van der Waals surface area contributed by atoms with Crippen molar-refractivity contribution < 1.29 is 24.2 Å². The highest BCUT2D eigenvalue weighted by atomic mass is 16.5. The van der Waals surface area contributed by atoms with Crippen molar-refractivity contribution in [1.82, 2.24) is 10.6 Å². The Labute approximate surface area is 124 Å². The fourth-order valence-corrected chi connectivity index (χ4v) is 2.54. The average Bonchev–Trinajstić information content (AvgIpc) is 2.41. The fraction of sp³-hybridized carbons (Fsp3) is 0.786. The lowest BCUT2D eigenvalue weighted by molar-refractivity contribution is -0.144. The van der Waals surface area contributed by atoms with Gasteiger partial charge in [-0.15, -0.1) is 0 Å². The van der Waals surface area contributed by atoms with E-state index in [1.807, 2.05) is 13.8 Å². The van der Waals surface area contributed by atoms with E-state index in [0.29, 0.717) is 0 Å². The van der Waals surface area contributed by atoms with Crippen molar-refractivity contribution in [1.29, 1.82) is 0 Å². The molecular weight excluding hydrogens is 276 g/mol. The molecule has 1 saturated heterocycles. The minimum atomic E-state index is -1.15. The number of nitrogens with one attached hydrogen (secondary N) is 2. The first-order valence-corrected chi connectivity index (χ1v) is 7.11. The summed E-state index contributed by atoms with van der Waals surface area (Å²) in [5.74, 6) is -1.98. The van der Waals surface area contributed by atoms with Crippen LogP contribution in [0.1, 0.15) is 39.5 Å². The lowest BCUT2D eigenvalue weighted by atomic mass is 9.77. The van der Waals surface area contributed by atoms with Crippen molar-refractivity contribution in [3.8, 4) is 0 Å². The summed E-state index contributed by atoms with van der Waals surface area (Å²) in [7, 11) is 1.24. The van der Waals surface area contributed by atoms with Gasteiger partial charge in [-0.3, -0.25) is 9.59 Å². The summed E-state index contributed by atoms with van der Waals surface area (Å²) in [6.45, 7) is 4.70. The van der Waals surface area contributed by atoms with Crippen LogP contribution in [0.2, 0.25) is 0 Å². The highest BCUT2D eigenvalue weighted by Gasteiger charge is 2.38. The maximum atomic E-state index is 12.3. The number of rotatable bonds is 6. The summed E-state index contributed by atoms with van der Waals surface area (Å²) in [6, 6.07) is -1.51. The third kappa shape index (κ3) is 5.00. The molecule has 1 aliphatic heterocycles. The monoisotopic (exact) mass is 300 g/mol. The van der Waals surface area contributed by atoms with Crippen molar-refractivity contribution in [2.45, 2.75) is 51.6 Å². The Hall–Kier alpha value is -1.63. The second kappa shape index (κ2) is 7.40. The van der Waals surface area contributed by atoms with Crippen molar-refractivity contribution in [2.75, 3.05) is 13.7 Å². The highest BCUT2D eigenvalue weighted by molar-refractivity contribution is 5.87. The maximum Gasteiger partial charge on any atom is 0.326 e. The number of esters is 1. The second-order valence-corrected chi connectivity index (χ2v) is 5.99. The van der Waals surface area contributed by atoms with Crippen LogP contribution in [0.15, 0.2) is 0 Å². The summed E-state index contributed by atoms with van der Waals surface area (Å²) < 4.78 is 4.48. The molecular formula is C14H24N2O5. The molecule has 0 aromatic rings. The number of piperidine rings is 1. The molecule has 7 heteroatoms. The summed E-state index contributed by atoms with van der Waals surface area (Å²) in [5.41, 5.74) is -0.228. The minimum Gasteiger partial charge on any atom is -0.480 e. The van der Waals surface area contributed by atoms with Gasteiger partial charge in [-0.2, -0.15) is 0 Å². The highest BCUT2D eigenvalue weighted by Crippen LogP contribution is 2.30. The van der Waals surface area contributed by atoms with Crippen molar-refractivity contribution in [2.24, 2.45) is 5.41 Å². The summed E-state index contributed by atoms with van der Waals surface area (Å²) in [6.07, 6.45) is 1.86. The SMILES string of the molecule is COC(=O)CC[C@H](NC(=O)C1NCCCC1(C)C)C(=O)O. The molecule has 0 aromatic heterocycles. The van der Waals surface area contributed by atoms with Gasteiger partial charge in [0, 0.05) is 6.42 Å². The maximum absolute atomic E-state index is 12.3. The van der Waals surface area contributed by atoms with Crippen LogP contribution in [0.5, 0.6) is 0 Å². The first-order chi connectivity index (χ1) is 9.77. The zero-order valence-corrected chi connectivity index (χ0v) is 12.8. The van der Waals surface area contributed by atoms with Gasteiger partial charge in [0.05, 0.1) is 13.2 Å². The zero-order chi connectivity index (χ0) is 16.0. The zero-order valence-electron chi connectivity index (χ0n) is 12.8. The number of carboxylic acids is 1. The van der Waals surface area contributed by atoms with Gasteiger partial charge in [-0.25, -0.2) is 4.79 Å². The van der Waals surface area contributed by atoms with Gasteiger partial charge in [0.1, 0.15) is 6.04 Å². The molecule has 2 atom stereocenters. The molecule has 0 radical (unpaired) electrons. The second-order valence-electron chi connectivity index (χ2n) is 5.99. The Kier molecular flexibility index (Phi) is 6.14. The largest absolute Gasteiger partial charge is 0.480 e. The third-order valence-electron chi connectivity index (χ3n) is 3.87. The number of amides is 1. The number of aliphatic carboxylic acids is 1. The standard InChI is InChI=1S/C14H24N2O5/c1-14(2)7-4-8-15-11(14)12(18)16-9(13(19)20)5-6-10(17)21-3/h9,11,15H,4-8H2,1-3H3,(H,16,18)(H,19,20)/t9-,11?/m0/s1. The molecule has 0 spiro atoms. The van der Waals surface area contributed by atoms with Crippen LogP contribution in [0, 0.1) is 5.41 Å². The molecule has 0 saturated carbocycles. The summed E-state index contributed by atoms with van der Waals surface area (Å²) >= 11 is 0. The normalized spacial score (nSPS) is 22.1. The number of carbonyl (C=O) groups is 3. The van der Waals surface area contributed by atoms with Crippen molar-refractivity contribution >= 4 is 17.8 Å². The lowest BCUT2D eigenvalue weighted by Gasteiger charge is -2.38. The lowest BCUT2D eigenvalue weighted by Crippen LogP contribution is -2.58. The van der Waals surface area contributed by atoms with E-state index in [1.54, 1.807) is 0 Å². The van der Waals surface area contributed by atoms with Gasteiger partial charge >= 0.3 is 11.9 Å². The van der Waals surface area contributed by atoms with E-state index >= 15 is 0 Å². The Balaban J connectivity index is 2.63. The Morgan fingerprint density at radius 3 is 2.62 bits per heavy atom. The molecule has 1 heterocycles. The molecule has 1 fully saturated rings. The fourth-order valence-electron chi connectivity index (χ4n) is 2.54. The van der Waals surface area contributed by atoms with E-state index in [9.17, 15) is 14.4 Å². The molecule has 1 amide bonds. The number of hydrogen-bond donors (Lipinski definition) is 3. The van der Waals surface area contributed by atoms with E-state index in [2.05, 4.69) is 15.4 Å². The Bertz CT molecular complexity index is 408. The molecule has 1 rings (SSSR count). The molecule has 3 N–H and O–H groups in total. The predicted octanol–water partition coefficient (Wildman–Crippen LogP) is 0.287. The molecule has 21 heavy (non-hydrogen) atoms. The van der Waals surface area contributed by atoms with Crippen LogP contribution in [0.25, 0.3) is 0 Å². The summed E-state index contributed by atoms with van der Waals surface area (Å²) in [5, 5.41) is 14.8. The summed E-state index contributed by atoms with van der Waals surface area (Å²) in [4.78, 5) is 34.6. The number of hydrogen-bond acceptors (Lipinski definition) is 5.